The minimum absolute atomic E-state index is 0.463. The lowest BCUT2D eigenvalue weighted by Gasteiger charge is -2.62. The molecule has 0 radical (unpaired) electrons. The van der Waals surface area contributed by atoms with Gasteiger partial charge in [-0.15, -0.1) is 0 Å². The van der Waals surface area contributed by atoms with E-state index >= 15 is 0 Å². The minimum Gasteiger partial charge on any atom is -0.339 e. The van der Waals surface area contributed by atoms with Crippen LogP contribution >= 0.6 is 0 Å². The summed E-state index contributed by atoms with van der Waals surface area (Å²) >= 11 is 0. The van der Waals surface area contributed by atoms with Crippen LogP contribution in [0.5, 0.6) is 0 Å². The summed E-state index contributed by atoms with van der Waals surface area (Å²) in [6, 6.07) is 1.48. The number of carbonyl (C=O) groups is 1. The van der Waals surface area contributed by atoms with Crippen molar-refractivity contribution in [1.29, 1.82) is 0 Å². The summed E-state index contributed by atoms with van der Waals surface area (Å²) in [6.45, 7) is 7.63. The van der Waals surface area contributed by atoms with Gasteiger partial charge in [-0.25, -0.2) is 0 Å². The lowest BCUT2D eigenvalue weighted by Crippen LogP contribution is -2.73. The van der Waals surface area contributed by atoms with Crippen LogP contribution in [0.3, 0.4) is 0 Å². The smallest absolute Gasteiger partial charge is 0.222 e. The lowest BCUT2D eigenvalue weighted by atomic mass is 9.66. The van der Waals surface area contributed by atoms with Gasteiger partial charge in [0.25, 0.3) is 0 Å². The third kappa shape index (κ3) is 1.71. The number of nitrogens with zero attached hydrogens (tertiary/aromatic N) is 2. The number of rotatable bonds is 1. The Hall–Kier alpha value is -0.570. The average Bonchev–Trinajstić information content (AvgIpc) is 2.49. The van der Waals surface area contributed by atoms with Crippen molar-refractivity contribution >= 4 is 5.91 Å². The highest BCUT2D eigenvalue weighted by molar-refractivity contribution is 5.77. The van der Waals surface area contributed by atoms with E-state index in [0.29, 0.717) is 11.9 Å². The predicted molar refractivity (Wildman–Crippen MR) is 79.1 cm³/mol. The van der Waals surface area contributed by atoms with Crippen LogP contribution in [-0.4, -0.2) is 53.6 Å². The van der Waals surface area contributed by atoms with Crippen LogP contribution < -0.4 is 0 Å². The normalized spacial score (nSPS) is 47.6. The molecule has 0 bridgehead atoms. The highest BCUT2D eigenvalue weighted by Crippen LogP contribution is 2.48. The molecule has 4 fully saturated rings. The maximum atomic E-state index is 12.3. The van der Waals surface area contributed by atoms with Crippen LogP contribution in [0.25, 0.3) is 0 Å². The van der Waals surface area contributed by atoms with Crippen LogP contribution in [0.1, 0.15) is 51.9 Å². The molecule has 1 unspecified atom stereocenters. The standard InChI is InChI=1S/C17H29N2O/c1-2-19-10-4-6-13-12-18-15(8-3-9-16(18)20)14(17(13)19)7-5-11-19/h13-15,17H,2-12H2,1H3/q+1/t13-,14-,15-,17-,19?/m0/s1. The second-order valence-electron chi connectivity index (χ2n) is 7.69. The SMILES string of the molecule is CC[N+]12CCC[C@H]3CN4C(=O)CCC[C@H]4[C@H](CCC1)[C@H]32. The quantitative estimate of drug-likeness (QED) is 0.674. The molecular formula is C17H29N2O+. The Morgan fingerprint density at radius 2 is 1.95 bits per heavy atom. The van der Waals surface area contributed by atoms with Gasteiger partial charge in [-0.05, 0) is 45.4 Å². The topological polar surface area (TPSA) is 20.3 Å². The fraction of sp³-hybridized carbons (Fsp3) is 0.941. The van der Waals surface area contributed by atoms with E-state index in [9.17, 15) is 4.79 Å². The fourth-order valence-electron chi connectivity index (χ4n) is 6.29. The van der Waals surface area contributed by atoms with Crippen LogP contribution in [0.2, 0.25) is 0 Å². The summed E-state index contributed by atoms with van der Waals surface area (Å²) in [5.41, 5.74) is 0. The molecule has 4 saturated heterocycles. The van der Waals surface area contributed by atoms with E-state index in [4.69, 9.17) is 0 Å². The molecule has 1 amide bonds. The Balaban J connectivity index is 1.70. The van der Waals surface area contributed by atoms with E-state index in [1.807, 2.05) is 0 Å². The first-order valence-electron chi connectivity index (χ1n) is 8.90. The molecule has 0 saturated carbocycles. The molecule has 4 rings (SSSR count). The fourth-order valence-corrected chi connectivity index (χ4v) is 6.29. The van der Waals surface area contributed by atoms with Crippen LogP contribution in [-0.2, 0) is 4.79 Å². The van der Waals surface area contributed by atoms with Crippen molar-refractivity contribution in [2.45, 2.75) is 64.0 Å². The summed E-state index contributed by atoms with van der Waals surface area (Å²) in [5.74, 6) is 2.07. The number of amides is 1. The number of piperidine rings is 4. The molecule has 0 aromatic rings. The summed E-state index contributed by atoms with van der Waals surface area (Å²) in [5, 5.41) is 0. The number of hydrogen-bond donors (Lipinski definition) is 0. The average molecular weight is 277 g/mol. The largest absolute Gasteiger partial charge is 0.339 e. The first-order chi connectivity index (χ1) is 9.75. The van der Waals surface area contributed by atoms with Gasteiger partial charge in [-0.3, -0.25) is 4.79 Å². The first kappa shape index (κ1) is 13.1. The molecule has 5 atom stereocenters. The van der Waals surface area contributed by atoms with Crippen molar-refractivity contribution < 1.29 is 9.28 Å². The van der Waals surface area contributed by atoms with Crippen LogP contribution in [0.15, 0.2) is 0 Å². The van der Waals surface area contributed by atoms with Gasteiger partial charge in [0.1, 0.15) is 0 Å². The molecule has 0 spiro atoms. The predicted octanol–water partition coefficient (Wildman–Crippen LogP) is 2.41. The van der Waals surface area contributed by atoms with Crippen molar-refractivity contribution in [3.05, 3.63) is 0 Å². The Bertz CT molecular complexity index is 406. The Morgan fingerprint density at radius 1 is 1.15 bits per heavy atom. The molecule has 0 aromatic carbocycles. The maximum absolute atomic E-state index is 12.3. The molecule has 3 heteroatoms. The molecule has 112 valence electrons. The van der Waals surface area contributed by atoms with Gasteiger partial charge in [0, 0.05) is 30.8 Å². The zero-order valence-corrected chi connectivity index (χ0v) is 12.9. The van der Waals surface area contributed by atoms with Crippen molar-refractivity contribution in [2.75, 3.05) is 26.2 Å². The Kier molecular flexibility index (Phi) is 3.10. The van der Waals surface area contributed by atoms with Gasteiger partial charge in [0.05, 0.1) is 25.7 Å². The second-order valence-corrected chi connectivity index (χ2v) is 7.69. The number of hydrogen-bond acceptors (Lipinski definition) is 1. The van der Waals surface area contributed by atoms with E-state index in [1.165, 1.54) is 56.2 Å². The molecule has 4 heterocycles. The summed E-state index contributed by atoms with van der Waals surface area (Å²) in [7, 11) is 0. The van der Waals surface area contributed by atoms with Gasteiger partial charge in [0.15, 0.2) is 0 Å². The molecule has 0 N–H and O–H groups in total. The zero-order valence-electron chi connectivity index (χ0n) is 12.9. The zero-order chi connectivity index (χ0) is 13.7. The van der Waals surface area contributed by atoms with Crippen molar-refractivity contribution in [2.24, 2.45) is 11.8 Å². The first-order valence-corrected chi connectivity index (χ1v) is 8.90. The van der Waals surface area contributed by atoms with E-state index in [-0.39, 0.29) is 0 Å². The van der Waals surface area contributed by atoms with E-state index < -0.39 is 0 Å². The van der Waals surface area contributed by atoms with Crippen molar-refractivity contribution in [1.82, 2.24) is 4.90 Å². The number of carbonyl (C=O) groups excluding carboxylic acids is 1. The summed E-state index contributed by atoms with van der Waals surface area (Å²) in [6.07, 6.45) is 8.76. The second kappa shape index (κ2) is 4.72. The number of quaternary nitrogens is 1. The van der Waals surface area contributed by atoms with E-state index in [0.717, 1.165) is 37.3 Å². The monoisotopic (exact) mass is 277 g/mol. The third-order valence-corrected chi connectivity index (χ3v) is 7.04. The van der Waals surface area contributed by atoms with Gasteiger partial charge >= 0.3 is 0 Å². The molecule has 0 aromatic heterocycles. The van der Waals surface area contributed by atoms with Crippen molar-refractivity contribution in [3.63, 3.8) is 0 Å². The van der Waals surface area contributed by atoms with Gasteiger partial charge in [-0.2, -0.15) is 0 Å². The van der Waals surface area contributed by atoms with E-state index in [2.05, 4.69) is 11.8 Å². The maximum Gasteiger partial charge on any atom is 0.222 e. The molecule has 3 nitrogen and oxygen atoms in total. The summed E-state index contributed by atoms with van der Waals surface area (Å²) < 4.78 is 1.40. The molecule has 0 aliphatic carbocycles. The minimum atomic E-state index is 0.463. The highest BCUT2D eigenvalue weighted by Gasteiger charge is 2.57. The molecular weight excluding hydrogens is 248 g/mol. The Labute approximate surface area is 122 Å². The van der Waals surface area contributed by atoms with Gasteiger partial charge < -0.3 is 9.38 Å². The summed E-state index contributed by atoms with van der Waals surface area (Å²) in [4.78, 5) is 14.7. The molecule has 20 heavy (non-hydrogen) atoms. The van der Waals surface area contributed by atoms with Crippen LogP contribution in [0.4, 0.5) is 0 Å². The number of fused-ring (bicyclic) bond motifs is 2. The Morgan fingerprint density at radius 3 is 2.75 bits per heavy atom. The van der Waals surface area contributed by atoms with Crippen molar-refractivity contribution in [3.8, 4) is 0 Å². The highest BCUT2D eigenvalue weighted by atomic mass is 16.2. The third-order valence-electron chi connectivity index (χ3n) is 7.04. The molecule has 4 aliphatic heterocycles. The van der Waals surface area contributed by atoms with E-state index in [1.54, 1.807) is 0 Å². The lowest BCUT2D eigenvalue weighted by molar-refractivity contribution is -0.968. The van der Waals surface area contributed by atoms with Gasteiger partial charge in [-0.1, -0.05) is 0 Å². The molecule has 4 aliphatic rings. The van der Waals surface area contributed by atoms with Crippen LogP contribution in [0, 0.1) is 11.8 Å². The van der Waals surface area contributed by atoms with Gasteiger partial charge in [0.2, 0.25) is 5.91 Å².